The Morgan fingerprint density at radius 1 is 1.24 bits per heavy atom. The van der Waals surface area contributed by atoms with Gasteiger partial charge in [-0.3, -0.25) is 4.79 Å². The molecule has 2 unspecified atom stereocenters. The Balaban J connectivity index is 3.64. The molecule has 3 atom stereocenters. The van der Waals surface area contributed by atoms with E-state index in [1.807, 2.05) is 51.1 Å². The fourth-order valence-electron chi connectivity index (χ4n) is 4.11. The lowest BCUT2D eigenvalue weighted by atomic mass is 9.89. The number of carbonyl (C=O) groups excluding carboxylic acids is 1. The average molecular weight is 543 g/mol. The van der Waals surface area contributed by atoms with Crippen LogP contribution in [0.1, 0.15) is 64.5 Å². The normalized spacial score (nSPS) is 15.5. The Morgan fingerprint density at radius 2 is 1.97 bits per heavy atom. The summed E-state index contributed by atoms with van der Waals surface area (Å²) in [4.78, 5) is 19.7. The van der Waals surface area contributed by atoms with Crippen molar-refractivity contribution in [1.29, 1.82) is 0 Å². The molecule has 0 aliphatic carbocycles. The molecule has 0 saturated carbocycles. The maximum atomic E-state index is 13.5. The van der Waals surface area contributed by atoms with Gasteiger partial charge in [0.1, 0.15) is 5.60 Å². The number of ether oxygens (including phenoxy) is 1. The van der Waals surface area contributed by atoms with Crippen LogP contribution >= 0.6 is 11.6 Å². The molecule has 0 heterocycles. The van der Waals surface area contributed by atoms with E-state index in [1.165, 1.54) is 0 Å². The van der Waals surface area contributed by atoms with Gasteiger partial charge in [0.2, 0.25) is 0 Å². The molecule has 7 heteroatoms. The maximum absolute atomic E-state index is 13.5. The molecule has 1 rings (SSSR count). The van der Waals surface area contributed by atoms with Crippen LogP contribution in [-0.2, 0) is 16.0 Å². The van der Waals surface area contributed by atoms with Crippen molar-refractivity contribution in [2.45, 2.75) is 77.5 Å². The van der Waals surface area contributed by atoms with E-state index in [9.17, 15) is 4.79 Å². The summed E-state index contributed by atoms with van der Waals surface area (Å²) in [5, 5.41) is 7.20. The number of methoxy groups -OCH3 is 1. The first-order valence-corrected chi connectivity index (χ1v) is 13.8. The van der Waals surface area contributed by atoms with Crippen LogP contribution < -0.4 is 10.6 Å². The summed E-state index contributed by atoms with van der Waals surface area (Å²) in [5.74, 6) is -0.171. The van der Waals surface area contributed by atoms with E-state index < -0.39 is 11.6 Å². The van der Waals surface area contributed by atoms with Crippen LogP contribution in [0.2, 0.25) is 5.02 Å². The molecule has 0 aliphatic heterocycles. The van der Waals surface area contributed by atoms with Crippen molar-refractivity contribution in [3.8, 4) is 0 Å². The second kappa shape index (κ2) is 17.6. The van der Waals surface area contributed by atoms with E-state index in [0.29, 0.717) is 11.4 Å². The number of rotatable bonds is 17. The molecular weight excluding hydrogens is 496 g/mol. The third kappa shape index (κ3) is 10.9. The minimum Gasteiger partial charge on any atom is -0.385 e. The molecule has 0 spiro atoms. The summed E-state index contributed by atoms with van der Waals surface area (Å²) in [7, 11) is 5.40. The smallest absolute Gasteiger partial charge is 0.252 e. The summed E-state index contributed by atoms with van der Waals surface area (Å²) in [5.41, 5.74) is 2.12. The first kappa shape index (κ1) is 33.2. The molecule has 1 amide bonds. The Labute approximate surface area is 235 Å². The molecule has 0 radical (unpaired) electrons. The van der Waals surface area contributed by atoms with Crippen LogP contribution in [-0.4, -0.2) is 56.0 Å². The Kier molecular flexibility index (Phi) is 15.4. The highest BCUT2D eigenvalue weighted by atomic mass is 35.5. The number of benzene rings is 1. The lowest BCUT2D eigenvalue weighted by Gasteiger charge is -2.30. The molecular formula is C31H47ClN4O2. The van der Waals surface area contributed by atoms with E-state index in [4.69, 9.17) is 16.3 Å². The van der Waals surface area contributed by atoms with Gasteiger partial charge in [0, 0.05) is 38.5 Å². The Morgan fingerprint density at radius 3 is 2.55 bits per heavy atom. The number of halogens is 1. The van der Waals surface area contributed by atoms with Gasteiger partial charge in [-0.15, -0.1) is 0 Å². The monoisotopic (exact) mass is 542 g/mol. The van der Waals surface area contributed by atoms with E-state index in [2.05, 4.69) is 60.3 Å². The van der Waals surface area contributed by atoms with Gasteiger partial charge in [0.15, 0.2) is 0 Å². The molecule has 6 nitrogen and oxygen atoms in total. The highest BCUT2D eigenvalue weighted by Gasteiger charge is 2.34. The molecule has 0 saturated heterocycles. The summed E-state index contributed by atoms with van der Waals surface area (Å²) < 4.78 is 5.67. The zero-order valence-electron chi connectivity index (χ0n) is 24.3. The predicted octanol–water partition coefficient (Wildman–Crippen LogP) is 6.54. The summed E-state index contributed by atoms with van der Waals surface area (Å²) in [6.07, 6.45) is 17.4. The second-order valence-electron chi connectivity index (χ2n) is 9.59. The van der Waals surface area contributed by atoms with Gasteiger partial charge in [-0.05, 0) is 73.7 Å². The van der Waals surface area contributed by atoms with E-state index >= 15 is 0 Å². The Bertz CT molecular complexity index is 1000. The summed E-state index contributed by atoms with van der Waals surface area (Å²) in [6, 6.07) is 5.57. The number of allylic oxidation sites excluding steroid dienone is 2. The maximum Gasteiger partial charge on any atom is 0.252 e. The zero-order chi connectivity index (χ0) is 28.6. The second-order valence-corrected chi connectivity index (χ2v) is 10.0. The first-order valence-electron chi connectivity index (χ1n) is 13.4. The first-order chi connectivity index (χ1) is 18.1. The average Bonchev–Trinajstić information content (AvgIpc) is 2.88. The predicted molar refractivity (Wildman–Crippen MR) is 164 cm³/mol. The zero-order valence-corrected chi connectivity index (χ0v) is 25.0. The van der Waals surface area contributed by atoms with Crippen molar-refractivity contribution in [3.63, 3.8) is 0 Å². The van der Waals surface area contributed by atoms with Crippen molar-refractivity contribution in [2.75, 3.05) is 21.2 Å². The van der Waals surface area contributed by atoms with Crippen molar-refractivity contribution < 1.29 is 9.53 Å². The number of nitrogens with zero attached hydrogens (tertiary/aromatic N) is 2. The molecule has 2 N–H and O–H groups in total. The van der Waals surface area contributed by atoms with Gasteiger partial charge in [-0.25, -0.2) is 4.99 Å². The summed E-state index contributed by atoms with van der Waals surface area (Å²) in [6.45, 7) is 11.9. The van der Waals surface area contributed by atoms with Crippen LogP contribution in [0.3, 0.4) is 0 Å². The Hall–Kier alpha value is -2.83. The van der Waals surface area contributed by atoms with Crippen molar-refractivity contribution in [3.05, 3.63) is 77.6 Å². The van der Waals surface area contributed by atoms with Gasteiger partial charge < -0.3 is 20.3 Å². The number of hydrogen-bond donors (Lipinski definition) is 2. The molecule has 38 heavy (non-hydrogen) atoms. The largest absolute Gasteiger partial charge is 0.385 e. The lowest BCUT2D eigenvalue weighted by Crippen LogP contribution is -2.49. The number of nitrogens with one attached hydrogen (secondary N) is 2. The van der Waals surface area contributed by atoms with Crippen LogP contribution in [0.4, 0.5) is 0 Å². The minimum atomic E-state index is -0.938. The minimum absolute atomic E-state index is 0.0739. The third-order valence-corrected chi connectivity index (χ3v) is 6.36. The molecule has 1 aromatic carbocycles. The van der Waals surface area contributed by atoms with Gasteiger partial charge >= 0.3 is 0 Å². The highest BCUT2D eigenvalue weighted by Crippen LogP contribution is 2.29. The van der Waals surface area contributed by atoms with Crippen molar-refractivity contribution in [2.24, 2.45) is 4.99 Å². The lowest BCUT2D eigenvalue weighted by molar-refractivity contribution is -0.142. The topological polar surface area (TPSA) is 66.0 Å². The van der Waals surface area contributed by atoms with E-state index in [0.717, 1.165) is 42.4 Å². The SMILES string of the molecule is C=CNC(/C=C\CC)Cc1ccc(Cl)cc1/C(=C\CC)[C@H](/C=C/N=CN(C)C)NC(=O)C(C)(CCC)OC. The summed E-state index contributed by atoms with van der Waals surface area (Å²) >= 11 is 6.52. The van der Waals surface area contributed by atoms with Crippen LogP contribution in [0, 0.1) is 0 Å². The van der Waals surface area contributed by atoms with Crippen molar-refractivity contribution in [1.82, 2.24) is 15.5 Å². The van der Waals surface area contributed by atoms with Crippen LogP contribution in [0.5, 0.6) is 0 Å². The number of carbonyl (C=O) groups is 1. The van der Waals surface area contributed by atoms with Crippen molar-refractivity contribution >= 4 is 29.4 Å². The van der Waals surface area contributed by atoms with Gasteiger partial charge in [-0.1, -0.05) is 69.7 Å². The number of hydrogen-bond acceptors (Lipinski definition) is 4. The molecule has 0 fully saturated rings. The van der Waals surface area contributed by atoms with Gasteiger partial charge in [0.25, 0.3) is 5.91 Å². The highest BCUT2D eigenvalue weighted by molar-refractivity contribution is 6.30. The molecule has 0 aliphatic rings. The fraction of sp³-hybridized carbons (Fsp3) is 0.484. The number of aliphatic imine (C=N–C) groups is 1. The molecule has 0 aromatic heterocycles. The standard InChI is InChI=1S/C31H47ClN4O2/c1-9-13-15-26(34-12-4)21-24-16-17-25(32)22-28(24)27(14-10-2)29(18-20-33-23-36(6)7)35-30(37)31(5,38-8)19-11-3/h12-18,20,22-23,26,29,34H,4,9-11,19,21H2,1-3,5-8H3,(H,35,37)/b15-13-,20-18+,27-14+,33-23?/t26?,29-,31?/m0/s1. The van der Waals surface area contributed by atoms with Crippen LogP contribution in [0.25, 0.3) is 5.57 Å². The molecule has 1 aromatic rings. The quantitative estimate of drug-likeness (QED) is 0.133. The molecule has 210 valence electrons. The van der Waals surface area contributed by atoms with Crippen LogP contribution in [0.15, 0.2) is 66.5 Å². The number of amides is 1. The van der Waals surface area contributed by atoms with Gasteiger partial charge in [0.05, 0.1) is 12.4 Å². The third-order valence-electron chi connectivity index (χ3n) is 6.12. The van der Waals surface area contributed by atoms with Gasteiger partial charge in [-0.2, -0.15) is 0 Å². The van der Waals surface area contributed by atoms with E-state index in [1.54, 1.807) is 25.8 Å². The fourth-order valence-corrected chi connectivity index (χ4v) is 4.28. The molecule has 0 bridgehead atoms. The van der Waals surface area contributed by atoms with E-state index in [-0.39, 0.29) is 11.9 Å².